The van der Waals surface area contributed by atoms with Gasteiger partial charge < -0.3 is 15.0 Å². The molecule has 1 N–H and O–H groups in total. The van der Waals surface area contributed by atoms with Crippen LogP contribution in [0.3, 0.4) is 0 Å². The summed E-state index contributed by atoms with van der Waals surface area (Å²) in [4.78, 5) is 14.4. The Morgan fingerprint density at radius 2 is 1.96 bits per heavy atom. The molecule has 0 unspecified atom stereocenters. The average Bonchev–Trinajstić information content (AvgIpc) is 3.13. The number of hydrogen-bond donors (Lipinski definition) is 1. The minimum absolute atomic E-state index is 0.00459. The van der Waals surface area contributed by atoms with Gasteiger partial charge in [0.05, 0.1) is 25.0 Å². The molecule has 1 heterocycles. The molecule has 0 spiro atoms. The predicted octanol–water partition coefficient (Wildman–Crippen LogP) is 3.20. The molecular weight excluding hydrogens is 340 g/mol. The van der Waals surface area contributed by atoms with Gasteiger partial charge in [-0.15, -0.1) is 0 Å². The van der Waals surface area contributed by atoms with Crippen LogP contribution in [0, 0.1) is 0 Å². The van der Waals surface area contributed by atoms with Crippen LogP contribution in [0.15, 0.2) is 42.7 Å². The maximum atomic E-state index is 12.0. The molecule has 1 aromatic carbocycles. The Balaban J connectivity index is 1.56. The summed E-state index contributed by atoms with van der Waals surface area (Å²) in [7, 11) is 0. The molecule has 0 bridgehead atoms. The van der Waals surface area contributed by atoms with Crippen molar-refractivity contribution in [2.24, 2.45) is 0 Å². The van der Waals surface area contributed by atoms with E-state index in [0.29, 0.717) is 19.6 Å². The lowest BCUT2D eigenvalue weighted by atomic mass is 10.2. The lowest BCUT2D eigenvalue weighted by Crippen LogP contribution is -2.27. The van der Waals surface area contributed by atoms with Crippen LogP contribution >= 0.6 is 0 Å². The molecule has 0 saturated heterocycles. The average molecular weight is 373 g/mol. The van der Waals surface area contributed by atoms with Gasteiger partial charge in [0.1, 0.15) is 0 Å². The molecule has 27 heavy (non-hydrogen) atoms. The zero-order valence-corrected chi connectivity index (χ0v) is 16.6. The third kappa shape index (κ3) is 8.37. The summed E-state index contributed by atoms with van der Waals surface area (Å²) in [5.74, 6) is 0.00459. The van der Waals surface area contributed by atoms with Crippen molar-refractivity contribution >= 4 is 11.6 Å². The lowest BCUT2D eigenvalue weighted by molar-refractivity contribution is -0.116. The Bertz CT molecular complexity index is 653. The zero-order valence-electron chi connectivity index (χ0n) is 16.6. The van der Waals surface area contributed by atoms with Crippen molar-refractivity contribution in [3.8, 4) is 0 Å². The highest BCUT2D eigenvalue weighted by atomic mass is 16.5. The van der Waals surface area contributed by atoms with Gasteiger partial charge in [-0.2, -0.15) is 5.10 Å². The van der Waals surface area contributed by atoms with Gasteiger partial charge in [0.15, 0.2) is 0 Å². The van der Waals surface area contributed by atoms with E-state index in [0.717, 1.165) is 44.7 Å². The van der Waals surface area contributed by atoms with Crippen LogP contribution in [-0.4, -0.2) is 53.4 Å². The van der Waals surface area contributed by atoms with Gasteiger partial charge in [0.25, 0.3) is 0 Å². The Labute approximate surface area is 162 Å². The molecule has 148 valence electrons. The fourth-order valence-corrected chi connectivity index (χ4v) is 2.83. The number of likely N-dealkylation sites (N-methyl/N-ethyl adjacent to an activating group) is 1. The van der Waals surface area contributed by atoms with E-state index in [-0.39, 0.29) is 5.91 Å². The number of nitrogens with zero attached hydrogens (tertiary/aromatic N) is 3. The van der Waals surface area contributed by atoms with Gasteiger partial charge in [-0.25, -0.2) is 0 Å². The fraction of sp³-hybridized carbons (Fsp3) is 0.524. The van der Waals surface area contributed by atoms with Gasteiger partial charge in [0, 0.05) is 25.8 Å². The van der Waals surface area contributed by atoms with E-state index < -0.39 is 0 Å². The first-order valence-corrected chi connectivity index (χ1v) is 9.87. The first-order chi connectivity index (χ1) is 13.2. The van der Waals surface area contributed by atoms with E-state index in [1.165, 1.54) is 5.56 Å². The second kappa shape index (κ2) is 12.3. The third-order valence-electron chi connectivity index (χ3n) is 4.53. The van der Waals surface area contributed by atoms with Crippen LogP contribution in [0.25, 0.3) is 0 Å². The molecule has 6 nitrogen and oxygen atoms in total. The topological polar surface area (TPSA) is 59.4 Å². The Morgan fingerprint density at radius 3 is 2.70 bits per heavy atom. The van der Waals surface area contributed by atoms with Gasteiger partial charge in [-0.3, -0.25) is 9.48 Å². The number of rotatable bonds is 13. The van der Waals surface area contributed by atoms with Crippen LogP contribution in [0.5, 0.6) is 0 Å². The zero-order chi connectivity index (χ0) is 19.3. The maximum absolute atomic E-state index is 12.0. The summed E-state index contributed by atoms with van der Waals surface area (Å²) < 4.78 is 7.49. The molecule has 1 amide bonds. The Kier molecular flexibility index (Phi) is 9.58. The summed E-state index contributed by atoms with van der Waals surface area (Å²) >= 11 is 0. The number of aromatic nitrogens is 2. The van der Waals surface area contributed by atoms with Crippen LogP contribution < -0.4 is 5.32 Å². The van der Waals surface area contributed by atoms with E-state index in [1.807, 2.05) is 29.1 Å². The molecule has 2 aromatic rings. The standard InChI is InChI=1S/C21H32N4O2/c1-3-24(4-2)13-14-25-18-20(17-22-25)23-21(26)11-8-15-27-16-12-19-9-6-5-7-10-19/h5-7,9-10,17-18H,3-4,8,11-16H2,1-2H3,(H,23,26). The van der Waals surface area contributed by atoms with Crippen molar-refractivity contribution in [1.82, 2.24) is 14.7 Å². The highest BCUT2D eigenvalue weighted by Gasteiger charge is 2.06. The highest BCUT2D eigenvalue weighted by molar-refractivity contribution is 5.90. The SMILES string of the molecule is CCN(CC)CCn1cc(NC(=O)CCCOCCc2ccccc2)cn1. The van der Waals surface area contributed by atoms with E-state index >= 15 is 0 Å². The lowest BCUT2D eigenvalue weighted by Gasteiger charge is -2.17. The molecule has 1 aromatic heterocycles. The van der Waals surface area contributed by atoms with Crippen LogP contribution in [-0.2, 0) is 22.5 Å². The first kappa shape index (κ1) is 21.1. The number of carbonyl (C=O) groups excluding carboxylic acids is 1. The maximum Gasteiger partial charge on any atom is 0.224 e. The summed E-state index contributed by atoms with van der Waals surface area (Å²) in [6.07, 6.45) is 5.67. The largest absolute Gasteiger partial charge is 0.381 e. The van der Waals surface area contributed by atoms with E-state index in [1.54, 1.807) is 6.20 Å². The minimum atomic E-state index is 0.00459. The molecule has 0 fully saturated rings. The normalized spacial score (nSPS) is 11.1. The van der Waals surface area contributed by atoms with Crippen molar-refractivity contribution in [2.75, 3.05) is 38.2 Å². The summed E-state index contributed by atoms with van der Waals surface area (Å²) in [5.41, 5.74) is 2.03. The number of carbonyl (C=O) groups is 1. The van der Waals surface area contributed by atoms with Crippen molar-refractivity contribution in [2.45, 2.75) is 39.7 Å². The first-order valence-electron chi connectivity index (χ1n) is 9.87. The molecular formula is C21H32N4O2. The smallest absolute Gasteiger partial charge is 0.224 e. The number of anilines is 1. The fourth-order valence-electron chi connectivity index (χ4n) is 2.83. The second-order valence-corrected chi connectivity index (χ2v) is 6.52. The van der Waals surface area contributed by atoms with Gasteiger partial charge in [0.2, 0.25) is 5.91 Å². The number of benzene rings is 1. The Hall–Kier alpha value is -2.18. The molecule has 6 heteroatoms. The molecule has 0 aliphatic heterocycles. The molecule has 0 aliphatic rings. The summed E-state index contributed by atoms with van der Waals surface area (Å²) in [6.45, 7) is 9.46. The molecule has 0 saturated carbocycles. The number of hydrogen-bond acceptors (Lipinski definition) is 4. The molecule has 0 atom stereocenters. The number of nitrogens with one attached hydrogen (secondary N) is 1. The number of amides is 1. The van der Waals surface area contributed by atoms with E-state index in [4.69, 9.17) is 4.74 Å². The van der Waals surface area contributed by atoms with Crippen molar-refractivity contribution in [3.63, 3.8) is 0 Å². The second-order valence-electron chi connectivity index (χ2n) is 6.52. The van der Waals surface area contributed by atoms with Crippen molar-refractivity contribution in [1.29, 1.82) is 0 Å². The van der Waals surface area contributed by atoms with E-state index in [9.17, 15) is 4.79 Å². The van der Waals surface area contributed by atoms with Gasteiger partial charge in [-0.1, -0.05) is 44.2 Å². The highest BCUT2D eigenvalue weighted by Crippen LogP contribution is 2.07. The third-order valence-corrected chi connectivity index (χ3v) is 4.53. The molecule has 0 aliphatic carbocycles. The summed E-state index contributed by atoms with van der Waals surface area (Å²) in [5, 5.41) is 7.21. The minimum Gasteiger partial charge on any atom is -0.381 e. The monoisotopic (exact) mass is 372 g/mol. The van der Waals surface area contributed by atoms with Gasteiger partial charge >= 0.3 is 0 Å². The van der Waals surface area contributed by atoms with Crippen LogP contribution in [0.2, 0.25) is 0 Å². The summed E-state index contributed by atoms with van der Waals surface area (Å²) in [6, 6.07) is 10.3. The van der Waals surface area contributed by atoms with E-state index in [2.05, 4.69) is 41.3 Å². The quantitative estimate of drug-likeness (QED) is 0.549. The predicted molar refractivity (Wildman–Crippen MR) is 109 cm³/mol. The molecule has 2 rings (SSSR count). The Morgan fingerprint density at radius 1 is 1.19 bits per heavy atom. The molecule has 0 radical (unpaired) electrons. The van der Waals surface area contributed by atoms with Crippen molar-refractivity contribution in [3.05, 3.63) is 48.3 Å². The van der Waals surface area contributed by atoms with Crippen LogP contribution in [0.4, 0.5) is 5.69 Å². The van der Waals surface area contributed by atoms with Crippen molar-refractivity contribution < 1.29 is 9.53 Å². The number of ether oxygens (including phenoxy) is 1. The van der Waals surface area contributed by atoms with Gasteiger partial charge in [-0.05, 0) is 31.5 Å². The van der Waals surface area contributed by atoms with Crippen LogP contribution in [0.1, 0.15) is 32.3 Å².